The molecule has 1 saturated heterocycles. The number of nitrogens with one attached hydrogen (secondary N) is 2. The van der Waals surface area contributed by atoms with Gasteiger partial charge in [-0.1, -0.05) is 20.8 Å². The molecule has 0 unspecified atom stereocenters. The summed E-state index contributed by atoms with van der Waals surface area (Å²) >= 11 is 0. The van der Waals surface area contributed by atoms with E-state index in [9.17, 15) is 9.59 Å². The zero-order valence-corrected chi connectivity index (χ0v) is 15.9. The molecule has 1 heterocycles. The zero-order chi connectivity index (χ0) is 18.4. The summed E-state index contributed by atoms with van der Waals surface area (Å²) in [4.78, 5) is 26.2. The van der Waals surface area contributed by atoms with Crippen LogP contribution in [-0.2, 0) is 9.59 Å². The van der Waals surface area contributed by atoms with E-state index >= 15 is 0 Å². The van der Waals surface area contributed by atoms with E-state index in [1.807, 2.05) is 31.2 Å². The molecule has 1 aromatic carbocycles. The molecule has 0 spiro atoms. The standard InChI is InChI=1S/C20H31N3O2/c1-5-21-19(25)15-10-12-23(13-11-15)17-8-6-16(7-9-17)22-18(24)14-20(2,3)4/h6-9,15H,5,10-14H2,1-4H3,(H,21,25)(H,22,24). The van der Waals surface area contributed by atoms with Gasteiger partial charge in [0.15, 0.2) is 0 Å². The van der Waals surface area contributed by atoms with Crippen molar-refractivity contribution in [3.8, 4) is 0 Å². The van der Waals surface area contributed by atoms with Crippen LogP contribution in [0.1, 0.15) is 47.0 Å². The number of hydrogen-bond donors (Lipinski definition) is 2. The summed E-state index contributed by atoms with van der Waals surface area (Å²) in [5.74, 6) is 0.356. The van der Waals surface area contributed by atoms with Crippen molar-refractivity contribution < 1.29 is 9.59 Å². The van der Waals surface area contributed by atoms with Gasteiger partial charge in [-0.3, -0.25) is 9.59 Å². The zero-order valence-electron chi connectivity index (χ0n) is 15.9. The lowest BCUT2D eigenvalue weighted by atomic mass is 9.92. The first-order chi connectivity index (χ1) is 11.8. The molecule has 5 nitrogen and oxygen atoms in total. The number of carbonyl (C=O) groups excluding carboxylic acids is 2. The van der Waals surface area contributed by atoms with Gasteiger partial charge >= 0.3 is 0 Å². The Labute approximate surface area is 151 Å². The van der Waals surface area contributed by atoms with Gasteiger partial charge in [-0.25, -0.2) is 0 Å². The first kappa shape index (κ1) is 19.3. The third-order valence-electron chi connectivity index (χ3n) is 4.42. The first-order valence-electron chi connectivity index (χ1n) is 9.21. The number of carbonyl (C=O) groups is 2. The number of piperidine rings is 1. The summed E-state index contributed by atoms with van der Waals surface area (Å²) in [6, 6.07) is 7.98. The molecule has 2 rings (SSSR count). The molecule has 2 N–H and O–H groups in total. The van der Waals surface area contributed by atoms with Crippen molar-refractivity contribution in [2.24, 2.45) is 11.3 Å². The summed E-state index contributed by atoms with van der Waals surface area (Å²) in [6.07, 6.45) is 2.27. The summed E-state index contributed by atoms with van der Waals surface area (Å²) in [7, 11) is 0. The molecule has 0 saturated carbocycles. The SMILES string of the molecule is CCNC(=O)C1CCN(c2ccc(NC(=O)CC(C)(C)C)cc2)CC1. The molecular formula is C20H31N3O2. The lowest BCUT2D eigenvalue weighted by Crippen LogP contribution is -2.40. The smallest absolute Gasteiger partial charge is 0.224 e. The fourth-order valence-electron chi connectivity index (χ4n) is 3.16. The van der Waals surface area contributed by atoms with Crippen molar-refractivity contribution in [3.05, 3.63) is 24.3 Å². The normalized spacial score (nSPS) is 15.8. The van der Waals surface area contributed by atoms with Crippen molar-refractivity contribution in [3.63, 3.8) is 0 Å². The maximum Gasteiger partial charge on any atom is 0.224 e. The number of hydrogen-bond acceptors (Lipinski definition) is 3. The Bertz CT molecular complexity index is 582. The van der Waals surface area contributed by atoms with Gasteiger partial charge in [0.1, 0.15) is 0 Å². The average molecular weight is 345 g/mol. The molecule has 0 atom stereocenters. The van der Waals surface area contributed by atoms with E-state index in [1.54, 1.807) is 0 Å². The van der Waals surface area contributed by atoms with Gasteiger partial charge in [0.25, 0.3) is 0 Å². The second-order valence-corrected chi connectivity index (χ2v) is 7.99. The molecule has 1 fully saturated rings. The van der Waals surface area contributed by atoms with Gasteiger partial charge < -0.3 is 15.5 Å². The maximum absolute atomic E-state index is 12.0. The minimum Gasteiger partial charge on any atom is -0.371 e. The molecule has 1 aromatic rings. The molecule has 1 aliphatic heterocycles. The molecule has 25 heavy (non-hydrogen) atoms. The Balaban J connectivity index is 1.86. The van der Waals surface area contributed by atoms with Gasteiger partial charge in [0.05, 0.1) is 0 Å². The fraction of sp³-hybridized carbons (Fsp3) is 0.600. The van der Waals surface area contributed by atoms with E-state index in [0.29, 0.717) is 13.0 Å². The van der Waals surface area contributed by atoms with E-state index in [2.05, 4.69) is 36.3 Å². The number of benzene rings is 1. The Morgan fingerprint density at radius 2 is 1.72 bits per heavy atom. The Morgan fingerprint density at radius 3 is 2.24 bits per heavy atom. The van der Waals surface area contributed by atoms with Crippen molar-refractivity contribution in [1.29, 1.82) is 0 Å². The van der Waals surface area contributed by atoms with Crippen LogP contribution in [0.25, 0.3) is 0 Å². The number of rotatable bonds is 5. The molecule has 0 aromatic heterocycles. The van der Waals surface area contributed by atoms with Crippen LogP contribution >= 0.6 is 0 Å². The van der Waals surface area contributed by atoms with Crippen molar-refractivity contribution in [1.82, 2.24) is 5.32 Å². The van der Waals surface area contributed by atoms with Gasteiger partial charge in [0.2, 0.25) is 11.8 Å². The summed E-state index contributed by atoms with van der Waals surface area (Å²) in [5, 5.41) is 5.87. The van der Waals surface area contributed by atoms with Crippen LogP contribution in [-0.4, -0.2) is 31.4 Å². The molecular weight excluding hydrogens is 314 g/mol. The van der Waals surface area contributed by atoms with Gasteiger partial charge in [-0.05, 0) is 49.4 Å². The van der Waals surface area contributed by atoms with E-state index in [4.69, 9.17) is 0 Å². The van der Waals surface area contributed by atoms with E-state index in [-0.39, 0.29) is 23.1 Å². The maximum atomic E-state index is 12.0. The van der Waals surface area contributed by atoms with Crippen LogP contribution in [0, 0.1) is 11.3 Å². The highest BCUT2D eigenvalue weighted by molar-refractivity contribution is 5.91. The number of amides is 2. The minimum atomic E-state index is -0.0154. The van der Waals surface area contributed by atoms with Crippen LogP contribution in [0.15, 0.2) is 24.3 Å². The minimum absolute atomic E-state index is 0.0154. The third-order valence-corrected chi connectivity index (χ3v) is 4.42. The van der Waals surface area contributed by atoms with Gasteiger partial charge in [0, 0.05) is 43.3 Å². The molecule has 0 aliphatic carbocycles. The predicted molar refractivity (Wildman–Crippen MR) is 103 cm³/mol. The van der Waals surface area contributed by atoms with Crippen LogP contribution < -0.4 is 15.5 Å². The summed E-state index contributed by atoms with van der Waals surface area (Å²) in [6.45, 7) is 10.6. The highest BCUT2D eigenvalue weighted by atomic mass is 16.2. The lowest BCUT2D eigenvalue weighted by Gasteiger charge is -2.33. The van der Waals surface area contributed by atoms with E-state index in [1.165, 1.54) is 0 Å². The largest absolute Gasteiger partial charge is 0.371 e. The Hall–Kier alpha value is -2.04. The van der Waals surface area contributed by atoms with Crippen LogP contribution in [0.5, 0.6) is 0 Å². The molecule has 0 bridgehead atoms. The molecule has 1 aliphatic rings. The fourth-order valence-corrected chi connectivity index (χ4v) is 3.16. The monoisotopic (exact) mass is 345 g/mol. The van der Waals surface area contributed by atoms with Crippen molar-refractivity contribution in [2.45, 2.75) is 47.0 Å². The van der Waals surface area contributed by atoms with Crippen LogP contribution in [0.2, 0.25) is 0 Å². The van der Waals surface area contributed by atoms with E-state index < -0.39 is 0 Å². The van der Waals surface area contributed by atoms with E-state index in [0.717, 1.165) is 37.3 Å². The second kappa shape index (κ2) is 8.37. The highest BCUT2D eigenvalue weighted by Gasteiger charge is 2.24. The highest BCUT2D eigenvalue weighted by Crippen LogP contribution is 2.25. The lowest BCUT2D eigenvalue weighted by molar-refractivity contribution is -0.125. The predicted octanol–water partition coefficient (Wildman–Crippen LogP) is 3.41. The van der Waals surface area contributed by atoms with Crippen LogP contribution in [0.4, 0.5) is 11.4 Å². The van der Waals surface area contributed by atoms with Gasteiger partial charge in [-0.2, -0.15) is 0 Å². The summed E-state index contributed by atoms with van der Waals surface area (Å²) in [5.41, 5.74) is 1.96. The average Bonchev–Trinajstić information content (AvgIpc) is 2.54. The number of anilines is 2. The first-order valence-corrected chi connectivity index (χ1v) is 9.21. The molecule has 0 radical (unpaired) electrons. The number of nitrogens with zero attached hydrogens (tertiary/aromatic N) is 1. The molecule has 138 valence electrons. The van der Waals surface area contributed by atoms with Crippen molar-refractivity contribution >= 4 is 23.2 Å². The van der Waals surface area contributed by atoms with Crippen molar-refractivity contribution in [2.75, 3.05) is 29.9 Å². The van der Waals surface area contributed by atoms with Gasteiger partial charge in [-0.15, -0.1) is 0 Å². The quantitative estimate of drug-likeness (QED) is 0.860. The Kier molecular flexibility index (Phi) is 6.45. The summed E-state index contributed by atoms with van der Waals surface area (Å²) < 4.78 is 0. The van der Waals surface area contributed by atoms with Crippen LogP contribution in [0.3, 0.4) is 0 Å². The molecule has 5 heteroatoms. The topological polar surface area (TPSA) is 61.4 Å². The Morgan fingerprint density at radius 1 is 1.12 bits per heavy atom. The molecule has 2 amide bonds. The second-order valence-electron chi connectivity index (χ2n) is 7.99. The third kappa shape index (κ3) is 6.07.